The molecule has 0 saturated carbocycles. The first kappa shape index (κ1) is 14.5. The average Bonchev–Trinajstić information content (AvgIpc) is 2.66. The van der Waals surface area contributed by atoms with Crippen molar-refractivity contribution in [3.63, 3.8) is 0 Å². The van der Waals surface area contributed by atoms with Gasteiger partial charge in [0.05, 0.1) is 9.83 Å². The molecule has 1 saturated heterocycles. The van der Waals surface area contributed by atoms with Crippen LogP contribution in [0.3, 0.4) is 0 Å². The summed E-state index contributed by atoms with van der Waals surface area (Å²) < 4.78 is 0.457. The molecule has 1 aromatic carbocycles. The predicted octanol–water partition coefficient (Wildman–Crippen LogP) is 1.89. The van der Waals surface area contributed by atoms with Gasteiger partial charge in [-0.05, 0) is 24.3 Å². The zero-order valence-corrected chi connectivity index (χ0v) is 12.0. The van der Waals surface area contributed by atoms with E-state index in [1.165, 1.54) is 17.0 Å². The second-order valence-corrected chi connectivity index (χ2v) is 5.59. The fraction of sp³-hybridized carbons (Fsp3) is 0.167. The van der Waals surface area contributed by atoms with E-state index in [4.69, 9.17) is 12.2 Å². The number of likely N-dealkylation sites (N-methyl/N-ethyl adjacent to an activating group) is 1. The van der Waals surface area contributed by atoms with Crippen molar-refractivity contribution in [3.8, 4) is 5.75 Å². The molecule has 1 aliphatic heterocycles. The van der Waals surface area contributed by atoms with E-state index < -0.39 is 16.4 Å². The van der Waals surface area contributed by atoms with Gasteiger partial charge in [0, 0.05) is 12.6 Å². The van der Waals surface area contributed by atoms with Crippen LogP contribution in [-0.4, -0.2) is 26.6 Å². The molecular weight excluding hydrogens is 300 g/mol. The van der Waals surface area contributed by atoms with Crippen LogP contribution < -0.4 is 5.11 Å². The summed E-state index contributed by atoms with van der Waals surface area (Å²) in [7, 11) is 0. The third-order valence-corrected chi connectivity index (χ3v) is 4.05. The predicted molar refractivity (Wildman–Crippen MR) is 78.1 cm³/mol. The molecule has 0 aliphatic carbocycles. The summed E-state index contributed by atoms with van der Waals surface area (Å²) in [5.74, 6) is -0.885. The summed E-state index contributed by atoms with van der Waals surface area (Å²) in [5.41, 5.74) is -0.0855. The quantitative estimate of drug-likeness (QED) is 0.367. The van der Waals surface area contributed by atoms with Crippen molar-refractivity contribution in [3.05, 3.63) is 38.8 Å². The highest BCUT2D eigenvalue weighted by molar-refractivity contribution is 8.26. The minimum Gasteiger partial charge on any atom is -0.868 e. The smallest absolute Gasteiger partial charge is 0.266 e. The molecular formula is C12H9N2O4S2-. The summed E-state index contributed by atoms with van der Waals surface area (Å²) in [6, 6.07) is 3.71. The minimum absolute atomic E-state index is 0.226. The van der Waals surface area contributed by atoms with Crippen molar-refractivity contribution in [1.82, 2.24) is 4.90 Å². The summed E-state index contributed by atoms with van der Waals surface area (Å²) in [6.07, 6.45) is 1.50. The van der Waals surface area contributed by atoms with Crippen molar-refractivity contribution in [2.75, 3.05) is 6.54 Å². The zero-order chi connectivity index (χ0) is 14.9. The Morgan fingerprint density at radius 3 is 2.75 bits per heavy atom. The summed E-state index contributed by atoms with van der Waals surface area (Å²) >= 11 is 6.21. The van der Waals surface area contributed by atoms with Gasteiger partial charge < -0.3 is 5.11 Å². The Labute approximate surface area is 124 Å². The average molecular weight is 309 g/mol. The van der Waals surface area contributed by atoms with E-state index in [2.05, 4.69) is 0 Å². The Morgan fingerprint density at radius 2 is 2.20 bits per heavy atom. The molecule has 1 aliphatic rings. The van der Waals surface area contributed by atoms with Crippen LogP contribution in [0.25, 0.3) is 6.08 Å². The van der Waals surface area contributed by atoms with E-state index in [1.807, 2.05) is 6.92 Å². The molecule has 20 heavy (non-hydrogen) atoms. The van der Waals surface area contributed by atoms with Gasteiger partial charge in [0.15, 0.2) is 0 Å². The lowest BCUT2D eigenvalue weighted by atomic mass is 10.1. The van der Waals surface area contributed by atoms with E-state index >= 15 is 0 Å². The Hall–Kier alpha value is -1.93. The third kappa shape index (κ3) is 2.66. The number of nitro benzene ring substituents is 1. The molecule has 1 fully saturated rings. The molecule has 1 heterocycles. The van der Waals surface area contributed by atoms with Crippen molar-refractivity contribution in [2.24, 2.45) is 0 Å². The fourth-order valence-electron chi connectivity index (χ4n) is 1.69. The van der Waals surface area contributed by atoms with Crippen LogP contribution in [0.4, 0.5) is 5.69 Å². The first-order chi connectivity index (χ1) is 9.43. The van der Waals surface area contributed by atoms with Crippen LogP contribution in [-0.2, 0) is 4.79 Å². The number of rotatable bonds is 3. The number of nitro groups is 1. The number of carbonyl (C=O) groups excluding carboxylic acids is 1. The maximum atomic E-state index is 12.0. The molecule has 2 rings (SSSR count). The Bertz CT molecular complexity index is 642. The molecule has 0 spiro atoms. The van der Waals surface area contributed by atoms with Gasteiger partial charge in [0.2, 0.25) is 0 Å². The molecule has 0 atom stereocenters. The second kappa shape index (κ2) is 5.59. The molecule has 0 N–H and O–H groups in total. The van der Waals surface area contributed by atoms with Gasteiger partial charge in [-0.1, -0.05) is 36.1 Å². The monoisotopic (exact) mass is 309 g/mol. The molecule has 0 radical (unpaired) electrons. The largest absolute Gasteiger partial charge is 0.868 e. The molecule has 8 heteroatoms. The SMILES string of the molecule is CCN1C(=O)/C(=C/c2ccc([O-])c([N+](=O)[O-])c2)SC1=S. The lowest BCUT2D eigenvalue weighted by molar-refractivity contribution is -0.398. The van der Waals surface area contributed by atoms with Crippen molar-refractivity contribution >= 4 is 46.0 Å². The van der Waals surface area contributed by atoms with Crippen molar-refractivity contribution in [2.45, 2.75) is 6.92 Å². The Morgan fingerprint density at radius 1 is 1.50 bits per heavy atom. The molecule has 0 aromatic heterocycles. The maximum Gasteiger partial charge on any atom is 0.266 e. The topological polar surface area (TPSA) is 86.5 Å². The number of benzene rings is 1. The van der Waals surface area contributed by atoms with E-state index in [-0.39, 0.29) is 5.91 Å². The molecule has 1 aromatic rings. The van der Waals surface area contributed by atoms with Gasteiger partial charge in [-0.3, -0.25) is 19.8 Å². The van der Waals surface area contributed by atoms with Gasteiger partial charge in [0.1, 0.15) is 4.32 Å². The van der Waals surface area contributed by atoms with Crippen molar-refractivity contribution < 1.29 is 14.8 Å². The second-order valence-electron chi connectivity index (χ2n) is 3.91. The van der Waals surface area contributed by atoms with Crippen molar-refractivity contribution in [1.29, 1.82) is 0 Å². The van der Waals surface area contributed by atoms with Crippen LogP contribution in [0, 0.1) is 10.1 Å². The molecule has 0 bridgehead atoms. The number of thioether (sulfide) groups is 1. The number of nitrogens with zero attached hydrogens (tertiary/aromatic N) is 2. The highest BCUT2D eigenvalue weighted by Gasteiger charge is 2.30. The maximum absolute atomic E-state index is 12.0. The van der Waals surface area contributed by atoms with Gasteiger partial charge >= 0.3 is 0 Å². The van der Waals surface area contributed by atoms with Gasteiger partial charge in [-0.15, -0.1) is 0 Å². The Kier molecular flexibility index (Phi) is 4.05. The number of thiocarbonyl (C=S) groups is 1. The van der Waals surface area contributed by atoms with Crippen LogP contribution in [0.2, 0.25) is 0 Å². The van der Waals surface area contributed by atoms with E-state index in [0.717, 1.165) is 23.9 Å². The number of hydrogen-bond donors (Lipinski definition) is 0. The van der Waals surface area contributed by atoms with Gasteiger partial charge in [0.25, 0.3) is 11.6 Å². The van der Waals surface area contributed by atoms with E-state index in [0.29, 0.717) is 21.3 Å². The van der Waals surface area contributed by atoms with Crippen LogP contribution in [0.1, 0.15) is 12.5 Å². The molecule has 0 unspecified atom stereocenters. The lowest BCUT2D eigenvalue weighted by Crippen LogP contribution is -2.27. The lowest BCUT2D eigenvalue weighted by Gasteiger charge is -2.09. The van der Waals surface area contributed by atoms with E-state index in [9.17, 15) is 20.0 Å². The Balaban J connectivity index is 2.37. The van der Waals surface area contributed by atoms with Gasteiger partial charge in [-0.25, -0.2) is 0 Å². The zero-order valence-electron chi connectivity index (χ0n) is 10.4. The first-order valence-corrected chi connectivity index (χ1v) is 6.87. The number of hydrogen-bond acceptors (Lipinski definition) is 6. The molecule has 1 amide bonds. The van der Waals surface area contributed by atoms with Crippen LogP contribution in [0.5, 0.6) is 5.75 Å². The normalized spacial score (nSPS) is 17.1. The van der Waals surface area contributed by atoms with Crippen LogP contribution in [0.15, 0.2) is 23.1 Å². The molecule has 104 valence electrons. The van der Waals surface area contributed by atoms with Gasteiger partial charge in [-0.2, -0.15) is 0 Å². The highest BCUT2D eigenvalue weighted by atomic mass is 32.2. The summed E-state index contributed by atoms with van der Waals surface area (Å²) in [4.78, 5) is 23.8. The highest BCUT2D eigenvalue weighted by Crippen LogP contribution is 2.33. The van der Waals surface area contributed by atoms with E-state index in [1.54, 1.807) is 0 Å². The third-order valence-electron chi connectivity index (χ3n) is 2.67. The summed E-state index contributed by atoms with van der Waals surface area (Å²) in [5, 5.41) is 22.0. The first-order valence-electron chi connectivity index (χ1n) is 5.65. The summed E-state index contributed by atoms with van der Waals surface area (Å²) in [6.45, 7) is 2.28. The molecule has 6 nitrogen and oxygen atoms in total. The fourth-order valence-corrected chi connectivity index (χ4v) is 3.08. The minimum atomic E-state index is -0.739. The number of amides is 1. The number of carbonyl (C=O) groups is 1. The standard InChI is InChI=1S/C12H10N2O4S2/c1-2-13-11(16)10(20-12(13)19)6-7-3-4-9(15)8(5-7)14(17)18/h3-6,15H,2H2,1H3/p-1/b10-6-. The van der Waals surface area contributed by atoms with Crippen LogP contribution >= 0.6 is 24.0 Å².